The van der Waals surface area contributed by atoms with Gasteiger partial charge in [-0.25, -0.2) is 4.98 Å². The first-order valence-corrected chi connectivity index (χ1v) is 11.1. The summed E-state index contributed by atoms with van der Waals surface area (Å²) in [5, 5.41) is 2.61. The fraction of sp³-hybridized carbons (Fsp3) is 0.435. The highest BCUT2D eigenvalue weighted by Gasteiger charge is 2.27. The maximum Gasteiger partial charge on any atom is 0.261 e. The summed E-state index contributed by atoms with van der Waals surface area (Å²) in [6.45, 7) is 9.45. The molecule has 0 fully saturated rings. The number of benzene rings is 1. The van der Waals surface area contributed by atoms with Crippen molar-refractivity contribution in [1.29, 1.82) is 0 Å². The van der Waals surface area contributed by atoms with Crippen LogP contribution < -0.4 is 5.56 Å². The van der Waals surface area contributed by atoms with Gasteiger partial charge in [0.2, 0.25) is 5.91 Å². The van der Waals surface area contributed by atoms with E-state index < -0.39 is 0 Å². The lowest BCUT2D eigenvalue weighted by Gasteiger charge is -2.32. The van der Waals surface area contributed by atoms with Crippen LogP contribution in [0, 0.1) is 5.92 Å². The van der Waals surface area contributed by atoms with Crippen molar-refractivity contribution < 1.29 is 4.79 Å². The highest BCUT2D eigenvalue weighted by atomic mass is 32.1. The molecule has 0 spiro atoms. The second-order valence-corrected chi connectivity index (χ2v) is 8.85. The number of carbonyl (C=O) groups excluding carboxylic acids is 1. The maximum absolute atomic E-state index is 13.2. The molecule has 3 aromatic rings. The van der Waals surface area contributed by atoms with E-state index >= 15 is 0 Å². The first-order chi connectivity index (χ1) is 13.9. The Morgan fingerprint density at radius 3 is 2.59 bits per heavy atom. The maximum atomic E-state index is 13.2. The summed E-state index contributed by atoms with van der Waals surface area (Å²) in [5.41, 5.74) is 0.649. The average Bonchev–Trinajstić information content (AvgIpc) is 3.20. The topological polar surface area (TPSA) is 55.2 Å². The number of thiophene rings is 1. The second kappa shape index (κ2) is 9.35. The van der Waals surface area contributed by atoms with Gasteiger partial charge < -0.3 is 4.90 Å². The molecule has 2 heterocycles. The number of rotatable bonds is 8. The van der Waals surface area contributed by atoms with Crippen LogP contribution in [-0.4, -0.2) is 26.9 Å². The molecule has 0 aliphatic rings. The Balaban J connectivity index is 2.05. The minimum absolute atomic E-state index is 0.0329. The molecule has 0 N–H and O–H groups in total. The van der Waals surface area contributed by atoms with Crippen molar-refractivity contribution in [3.05, 3.63) is 62.8 Å². The van der Waals surface area contributed by atoms with Gasteiger partial charge in [-0.15, -0.1) is 11.3 Å². The van der Waals surface area contributed by atoms with Crippen LogP contribution in [0.5, 0.6) is 0 Å². The monoisotopic (exact) mass is 411 g/mol. The molecule has 0 aliphatic heterocycles. The smallest absolute Gasteiger partial charge is 0.261 e. The van der Waals surface area contributed by atoms with Crippen molar-refractivity contribution in [3.8, 4) is 0 Å². The van der Waals surface area contributed by atoms with Gasteiger partial charge in [0, 0.05) is 18.0 Å². The van der Waals surface area contributed by atoms with Gasteiger partial charge >= 0.3 is 0 Å². The molecule has 6 heteroatoms. The summed E-state index contributed by atoms with van der Waals surface area (Å²) in [5.74, 6) is 1.05. The fourth-order valence-electron chi connectivity index (χ4n) is 3.62. The molecular formula is C23H29N3O2S. The zero-order valence-corrected chi connectivity index (χ0v) is 18.4. The molecule has 0 saturated heterocycles. The summed E-state index contributed by atoms with van der Waals surface area (Å²) >= 11 is 1.59. The number of hydrogen-bond acceptors (Lipinski definition) is 4. The lowest BCUT2D eigenvalue weighted by Crippen LogP contribution is -2.40. The molecule has 0 radical (unpaired) electrons. The number of para-hydroxylation sites is 1. The van der Waals surface area contributed by atoms with Crippen molar-refractivity contribution in [1.82, 2.24) is 14.5 Å². The molecule has 3 rings (SSSR count). The number of aromatic nitrogens is 2. The highest BCUT2D eigenvalue weighted by molar-refractivity contribution is 7.10. The van der Waals surface area contributed by atoms with Crippen LogP contribution >= 0.6 is 11.3 Å². The van der Waals surface area contributed by atoms with Crippen molar-refractivity contribution in [2.24, 2.45) is 5.92 Å². The van der Waals surface area contributed by atoms with Crippen molar-refractivity contribution in [2.75, 3.05) is 6.54 Å². The Bertz CT molecular complexity index is 1020. The van der Waals surface area contributed by atoms with Crippen LogP contribution in [0.4, 0.5) is 0 Å². The Hall–Kier alpha value is -2.47. The Morgan fingerprint density at radius 2 is 1.93 bits per heavy atom. The van der Waals surface area contributed by atoms with E-state index in [1.165, 1.54) is 0 Å². The summed E-state index contributed by atoms with van der Waals surface area (Å²) in [7, 11) is 0. The molecule has 29 heavy (non-hydrogen) atoms. The van der Waals surface area contributed by atoms with Crippen molar-refractivity contribution in [3.63, 3.8) is 0 Å². The molecule has 5 nitrogen and oxygen atoms in total. The van der Waals surface area contributed by atoms with Crippen molar-refractivity contribution in [2.45, 2.75) is 53.1 Å². The Morgan fingerprint density at radius 1 is 1.17 bits per heavy atom. The number of fused-ring (bicyclic) bond motifs is 1. The minimum atomic E-state index is -0.284. The molecular weight excluding hydrogens is 382 g/mol. The van der Waals surface area contributed by atoms with E-state index in [2.05, 4.69) is 13.8 Å². The average molecular weight is 412 g/mol. The van der Waals surface area contributed by atoms with E-state index in [4.69, 9.17) is 4.98 Å². The van der Waals surface area contributed by atoms with Crippen LogP contribution in [0.15, 0.2) is 46.6 Å². The number of amides is 1. The van der Waals surface area contributed by atoms with Gasteiger partial charge in [-0.2, -0.15) is 0 Å². The molecule has 1 atom stereocenters. The van der Waals surface area contributed by atoms with Crippen LogP contribution in [-0.2, 0) is 17.8 Å². The Kier molecular flexibility index (Phi) is 6.85. The lowest BCUT2D eigenvalue weighted by atomic mass is 10.1. The van der Waals surface area contributed by atoms with Gasteiger partial charge in [-0.1, -0.05) is 39.0 Å². The van der Waals surface area contributed by atoms with Crippen LogP contribution in [0.1, 0.15) is 50.9 Å². The third-order valence-electron chi connectivity index (χ3n) is 4.97. The molecule has 2 aromatic heterocycles. The fourth-order valence-corrected chi connectivity index (χ4v) is 4.31. The highest BCUT2D eigenvalue weighted by Crippen LogP contribution is 2.23. The summed E-state index contributed by atoms with van der Waals surface area (Å²) < 4.78 is 1.75. The molecule has 0 saturated carbocycles. The number of hydrogen-bond donors (Lipinski definition) is 0. The summed E-state index contributed by atoms with van der Waals surface area (Å²) in [6, 6.07) is 11.1. The normalized spacial score (nSPS) is 12.4. The quantitative estimate of drug-likeness (QED) is 0.542. The van der Waals surface area contributed by atoms with Gasteiger partial charge in [-0.3, -0.25) is 14.2 Å². The molecule has 154 valence electrons. The van der Waals surface area contributed by atoms with Crippen LogP contribution in [0.2, 0.25) is 0 Å². The van der Waals surface area contributed by atoms with Gasteiger partial charge in [0.05, 0.1) is 23.4 Å². The SMILES string of the molecule is CCCn1c(C(C)N(CC(C)C)C(=O)Cc2cccs2)nc2ccccc2c1=O. The molecule has 0 aliphatic carbocycles. The first kappa shape index (κ1) is 21.2. The third-order valence-corrected chi connectivity index (χ3v) is 5.84. The van der Waals surface area contributed by atoms with Gasteiger partial charge in [0.15, 0.2) is 0 Å². The van der Waals surface area contributed by atoms with E-state index in [1.54, 1.807) is 15.9 Å². The molecule has 1 amide bonds. The standard InChI is InChI=1S/C23H29N3O2S/c1-5-12-25-22(24-20-11-7-6-10-19(20)23(25)28)17(4)26(15-16(2)3)21(27)14-18-9-8-13-29-18/h6-11,13,16-17H,5,12,14-15H2,1-4H3. The van der Waals surface area contributed by atoms with E-state index in [-0.39, 0.29) is 17.5 Å². The van der Waals surface area contributed by atoms with E-state index in [0.717, 1.165) is 11.3 Å². The van der Waals surface area contributed by atoms with Gasteiger partial charge in [0.25, 0.3) is 5.56 Å². The summed E-state index contributed by atoms with van der Waals surface area (Å²) in [6.07, 6.45) is 1.20. The number of nitrogens with zero attached hydrogens (tertiary/aromatic N) is 3. The predicted molar refractivity (Wildman–Crippen MR) is 119 cm³/mol. The van der Waals surface area contributed by atoms with Crippen molar-refractivity contribution >= 4 is 28.1 Å². The van der Waals surface area contributed by atoms with Gasteiger partial charge in [-0.05, 0) is 42.8 Å². The van der Waals surface area contributed by atoms with Crippen LogP contribution in [0.25, 0.3) is 10.9 Å². The largest absolute Gasteiger partial charge is 0.332 e. The van der Waals surface area contributed by atoms with Crippen LogP contribution in [0.3, 0.4) is 0 Å². The zero-order chi connectivity index (χ0) is 21.0. The first-order valence-electron chi connectivity index (χ1n) is 10.2. The van der Waals surface area contributed by atoms with E-state index in [9.17, 15) is 9.59 Å². The number of carbonyl (C=O) groups is 1. The predicted octanol–water partition coefficient (Wildman–Crippen LogP) is 4.66. The van der Waals surface area contributed by atoms with E-state index in [1.807, 2.05) is 60.5 Å². The second-order valence-electron chi connectivity index (χ2n) is 7.82. The summed E-state index contributed by atoms with van der Waals surface area (Å²) in [4.78, 5) is 34.1. The third kappa shape index (κ3) is 4.75. The van der Waals surface area contributed by atoms with E-state index in [0.29, 0.717) is 42.2 Å². The lowest BCUT2D eigenvalue weighted by molar-refractivity contribution is -0.133. The molecule has 1 aromatic carbocycles. The Labute approximate surface area is 176 Å². The molecule has 1 unspecified atom stereocenters. The van der Waals surface area contributed by atoms with Gasteiger partial charge in [0.1, 0.15) is 5.82 Å². The molecule has 0 bridgehead atoms. The zero-order valence-electron chi connectivity index (χ0n) is 17.6. The minimum Gasteiger partial charge on any atom is -0.332 e.